The number of anilines is 1. The molecule has 0 atom stereocenters. The minimum atomic E-state index is -3.98. The third kappa shape index (κ3) is 3.55. The summed E-state index contributed by atoms with van der Waals surface area (Å²) in [6.45, 7) is 1.04. The van der Waals surface area contributed by atoms with Crippen LogP contribution in [-0.4, -0.2) is 63.6 Å². The molecule has 4 rings (SSSR count). The quantitative estimate of drug-likeness (QED) is 0.632. The summed E-state index contributed by atoms with van der Waals surface area (Å²) in [6, 6.07) is 4.00. The maximum atomic E-state index is 13.4. The summed E-state index contributed by atoms with van der Waals surface area (Å²) < 4.78 is 54.9. The van der Waals surface area contributed by atoms with Crippen LogP contribution in [0.5, 0.6) is 0 Å². The van der Waals surface area contributed by atoms with E-state index >= 15 is 0 Å². The summed E-state index contributed by atoms with van der Waals surface area (Å²) in [7, 11) is -3.98. The minimum absolute atomic E-state index is 0.156. The summed E-state index contributed by atoms with van der Waals surface area (Å²) in [5.74, 6) is -0.709. The highest BCUT2D eigenvalue weighted by atomic mass is 32.2. The highest BCUT2D eigenvalue weighted by Crippen LogP contribution is 2.22. The van der Waals surface area contributed by atoms with E-state index in [9.17, 15) is 17.2 Å². The number of aromatic nitrogens is 5. The van der Waals surface area contributed by atoms with Crippen molar-refractivity contribution in [3.63, 3.8) is 0 Å². The second-order valence-corrected chi connectivity index (χ2v) is 8.01. The van der Waals surface area contributed by atoms with E-state index in [1.165, 1.54) is 28.0 Å². The van der Waals surface area contributed by atoms with Gasteiger partial charge in [0.25, 0.3) is 0 Å². The van der Waals surface area contributed by atoms with Crippen molar-refractivity contribution in [2.45, 2.75) is 4.90 Å². The zero-order valence-electron chi connectivity index (χ0n) is 14.5. The molecule has 1 aliphatic rings. The van der Waals surface area contributed by atoms with E-state index in [0.29, 0.717) is 30.8 Å². The molecule has 12 heteroatoms. The van der Waals surface area contributed by atoms with Gasteiger partial charge in [-0.2, -0.15) is 9.40 Å². The first-order valence-corrected chi connectivity index (χ1v) is 9.76. The molecule has 9 nitrogen and oxygen atoms in total. The Hall–Kier alpha value is -2.99. The first-order chi connectivity index (χ1) is 13.4. The van der Waals surface area contributed by atoms with Gasteiger partial charge in [0.15, 0.2) is 5.82 Å². The molecule has 2 aromatic heterocycles. The Morgan fingerprint density at radius 3 is 2.18 bits per heavy atom. The van der Waals surface area contributed by atoms with E-state index in [0.717, 1.165) is 12.1 Å². The summed E-state index contributed by atoms with van der Waals surface area (Å²) in [5.41, 5.74) is 0. The fourth-order valence-corrected chi connectivity index (χ4v) is 4.41. The van der Waals surface area contributed by atoms with Crippen LogP contribution in [0.2, 0.25) is 0 Å². The predicted octanol–water partition coefficient (Wildman–Crippen LogP) is 0.846. The summed E-state index contributed by atoms with van der Waals surface area (Å²) >= 11 is 0. The van der Waals surface area contributed by atoms with Gasteiger partial charge in [-0.3, -0.25) is 0 Å². The van der Waals surface area contributed by atoms with E-state index < -0.39 is 26.6 Å². The van der Waals surface area contributed by atoms with Gasteiger partial charge in [0.2, 0.25) is 10.0 Å². The van der Waals surface area contributed by atoms with Gasteiger partial charge < -0.3 is 4.90 Å². The maximum absolute atomic E-state index is 13.4. The number of sulfonamides is 1. The van der Waals surface area contributed by atoms with Crippen molar-refractivity contribution in [2.75, 3.05) is 31.1 Å². The SMILES string of the molecule is O=S(=O)(c1cc(F)cc(F)c1)N1CCN(c2cc(-n3cncn3)ncn2)CC1. The van der Waals surface area contributed by atoms with Crippen LogP contribution >= 0.6 is 0 Å². The average Bonchev–Trinajstić information content (AvgIpc) is 3.22. The van der Waals surface area contributed by atoms with Crippen molar-refractivity contribution in [3.8, 4) is 5.82 Å². The van der Waals surface area contributed by atoms with E-state index in [1.807, 2.05) is 4.90 Å². The molecule has 0 aliphatic carbocycles. The highest BCUT2D eigenvalue weighted by Gasteiger charge is 2.29. The maximum Gasteiger partial charge on any atom is 0.243 e. The minimum Gasteiger partial charge on any atom is -0.354 e. The van der Waals surface area contributed by atoms with Gasteiger partial charge in [-0.1, -0.05) is 0 Å². The molecular formula is C16H15F2N7O2S. The number of rotatable bonds is 4. The van der Waals surface area contributed by atoms with Crippen LogP contribution in [0.15, 0.2) is 48.1 Å². The van der Waals surface area contributed by atoms with E-state index in [1.54, 1.807) is 6.07 Å². The summed E-state index contributed by atoms with van der Waals surface area (Å²) in [4.78, 5) is 13.7. The van der Waals surface area contributed by atoms with Gasteiger partial charge in [-0.15, -0.1) is 0 Å². The van der Waals surface area contributed by atoms with Gasteiger partial charge in [0, 0.05) is 38.3 Å². The van der Waals surface area contributed by atoms with Crippen LogP contribution < -0.4 is 4.90 Å². The zero-order chi connectivity index (χ0) is 19.7. The lowest BCUT2D eigenvalue weighted by atomic mass is 10.3. The van der Waals surface area contributed by atoms with Gasteiger partial charge in [0.1, 0.15) is 36.4 Å². The second kappa shape index (κ2) is 7.20. The van der Waals surface area contributed by atoms with Crippen molar-refractivity contribution in [2.24, 2.45) is 0 Å². The zero-order valence-corrected chi connectivity index (χ0v) is 15.3. The molecule has 1 fully saturated rings. The van der Waals surface area contributed by atoms with Gasteiger partial charge in [-0.25, -0.2) is 36.8 Å². The molecule has 3 aromatic rings. The van der Waals surface area contributed by atoms with Crippen molar-refractivity contribution < 1.29 is 17.2 Å². The molecule has 0 unspecified atom stereocenters. The molecule has 0 spiro atoms. The fraction of sp³-hybridized carbons (Fsp3) is 0.250. The first kappa shape index (κ1) is 18.4. The van der Waals surface area contributed by atoms with E-state index in [2.05, 4.69) is 20.1 Å². The van der Waals surface area contributed by atoms with Crippen LogP contribution in [-0.2, 0) is 10.0 Å². The normalized spacial score (nSPS) is 15.7. The largest absolute Gasteiger partial charge is 0.354 e. The Balaban J connectivity index is 1.50. The Morgan fingerprint density at radius 1 is 0.857 bits per heavy atom. The number of piperazine rings is 1. The summed E-state index contributed by atoms with van der Waals surface area (Å²) in [5, 5.41) is 4.01. The molecule has 3 heterocycles. The standard InChI is InChI=1S/C16H15F2N7O2S/c17-12-5-13(18)7-14(6-12)28(26,27)24-3-1-23(2-4-24)15-8-16(21-10-20-15)25-11-19-9-22-25/h5-11H,1-4H2. The molecule has 28 heavy (non-hydrogen) atoms. The predicted molar refractivity (Wildman–Crippen MR) is 94.3 cm³/mol. The molecule has 146 valence electrons. The molecule has 0 saturated carbocycles. The fourth-order valence-electron chi connectivity index (χ4n) is 2.95. The number of benzene rings is 1. The Morgan fingerprint density at radius 2 is 1.54 bits per heavy atom. The molecule has 0 N–H and O–H groups in total. The van der Waals surface area contributed by atoms with Gasteiger partial charge in [-0.05, 0) is 12.1 Å². The van der Waals surface area contributed by atoms with Crippen molar-refractivity contribution in [1.29, 1.82) is 0 Å². The lowest BCUT2D eigenvalue weighted by Crippen LogP contribution is -2.49. The number of nitrogens with zero attached hydrogens (tertiary/aromatic N) is 7. The van der Waals surface area contributed by atoms with E-state index in [-0.39, 0.29) is 13.1 Å². The lowest BCUT2D eigenvalue weighted by molar-refractivity contribution is 0.383. The molecule has 1 aromatic carbocycles. The second-order valence-electron chi connectivity index (χ2n) is 6.07. The van der Waals surface area contributed by atoms with Crippen molar-refractivity contribution >= 4 is 15.8 Å². The van der Waals surface area contributed by atoms with E-state index in [4.69, 9.17) is 0 Å². The first-order valence-electron chi connectivity index (χ1n) is 8.32. The topological polar surface area (TPSA) is 97.1 Å². The van der Waals surface area contributed by atoms with Crippen LogP contribution in [0.3, 0.4) is 0 Å². The molecule has 0 radical (unpaired) electrons. The molecule has 1 aliphatic heterocycles. The third-order valence-electron chi connectivity index (χ3n) is 4.33. The molecular weight excluding hydrogens is 392 g/mol. The van der Waals surface area contributed by atoms with Crippen LogP contribution in [0.1, 0.15) is 0 Å². The van der Waals surface area contributed by atoms with Gasteiger partial charge >= 0.3 is 0 Å². The summed E-state index contributed by atoms with van der Waals surface area (Å²) in [6.07, 6.45) is 4.29. The molecule has 1 saturated heterocycles. The third-order valence-corrected chi connectivity index (χ3v) is 6.20. The van der Waals surface area contributed by atoms with Crippen molar-refractivity contribution in [1.82, 2.24) is 29.0 Å². The monoisotopic (exact) mass is 407 g/mol. The van der Waals surface area contributed by atoms with Crippen LogP contribution in [0.25, 0.3) is 5.82 Å². The van der Waals surface area contributed by atoms with Crippen LogP contribution in [0.4, 0.5) is 14.6 Å². The molecule has 0 bridgehead atoms. The van der Waals surface area contributed by atoms with Crippen molar-refractivity contribution in [3.05, 3.63) is 54.9 Å². The van der Waals surface area contributed by atoms with Gasteiger partial charge in [0.05, 0.1) is 4.90 Å². The van der Waals surface area contributed by atoms with Crippen LogP contribution in [0, 0.1) is 11.6 Å². The Labute approximate surface area is 159 Å². The number of hydrogen-bond donors (Lipinski definition) is 0. The highest BCUT2D eigenvalue weighted by molar-refractivity contribution is 7.89. The number of hydrogen-bond acceptors (Lipinski definition) is 7. The Kier molecular flexibility index (Phi) is 4.73. The Bertz CT molecular complexity index is 1060. The smallest absolute Gasteiger partial charge is 0.243 e. The lowest BCUT2D eigenvalue weighted by Gasteiger charge is -2.34. The number of halogens is 2. The average molecular weight is 407 g/mol. The molecule has 0 amide bonds.